The molecule has 63 heavy (non-hydrogen) atoms. The van der Waals surface area contributed by atoms with Crippen molar-refractivity contribution in [3.63, 3.8) is 0 Å². The number of nitroso groups, excluding NO2 is 1. The van der Waals surface area contributed by atoms with Crippen molar-refractivity contribution in [3.05, 3.63) is 41.3 Å². The Hall–Kier alpha value is -3.45. The summed E-state index contributed by atoms with van der Waals surface area (Å²) in [4.78, 5) is 47.7. The van der Waals surface area contributed by atoms with Crippen LogP contribution in [0.2, 0.25) is 0 Å². The zero-order chi connectivity index (χ0) is 45.6. The molecule has 0 aliphatic carbocycles. The van der Waals surface area contributed by atoms with E-state index in [1.807, 2.05) is 0 Å². The Morgan fingerprint density at radius 3 is 1.68 bits per heavy atom. The largest absolute Gasteiger partial charge is 0.472 e. The molecule has 1 aromatic carbocycles. The number of nitrogens with zero attached hydrogens (tertiary/aromatic N) is 3. The van der Waals surface area contributed by atoms with Crippen LogP contribution in [-0.4, -0.2) is 71.4 Å². The molecule has 0 aliphatic heterocycles. The average molecular weight is 906 g/mol. The Morgan fingerprint density at radius 2 is 1.16 bits per heavy atom. The lowest BCUT2D eigenvalue weighted by atomic mass is 10.1. The van der Waals surface area contributed by atoms with Crippen LogP contribution >= 0.6 is 7.82 Å². The number of hydrogen-bond acceptors (Lipinski definition) is 12. The number of phosphoric ester groups is 1. The molecule has 15 heteroatoms. The summed E-state index contributed by atoms with van der Waals surface area (Å²) in [6, 6.07) is 3.16. The van der Waals surface area contributed by atoms with E-state index in [1.54, 1.807) is 12.1 Å². The molecular formula is C48H82N4O10P+. The van der Waals surface area contributed by atoms with Gasteiger partial charge in [0.25, 0.3) is 5.69 Å². The SMILES string of the molecule is CCCCCCCC/C=C\CCCCCCCC(=O)OC[C@H](COP(=O)(O)OCCNc1ccc([N+](C)=O)c2nonc12)OC(=O)CCCCCCC/C=C\CCCCCCCC. The lowest BCUT2D eigenvalue weighted by molar-refractivity contribution is -0.426. The quantitative estimate of drug-likeness (QED) is 0.0211. The fraction of sp³-hybridized carbons (Fsp3) is 0.750. The van der Waals surface area contributed by atoms with Crippen molar-refractivity contribution in [2.45, 2.75) is 200 Å². The standard InChI is InChI=1S/C48H81N4O10P/c1-4-6-8-10-12-14-16-18-20-22-24-26-28-30-32-34-45(53)58-40-42(61-46(54)35-33-31-29-27-25-23-21-19-17-15-13-11-9-7-5-2)41-60-63(56,57)59-39-38-49-43-36-37-44(52(3)55)48-47(43)50-62-51-48/h18-21,36-37,42H,4-17,22-35,38-41H2,1-3H3,(H-,49,51,55,56,57)/p+1/b20-18-,21-19-/t42-/m1/s1. The molecule has 0 saturated carbocycles. The van der Waals surface area contributed by atoms with E-state index in [-0.39, 0.29) is 43.8 Å². The number of phosphoric acid groups is 1. The van der Waals surface area contributed by atoms with E-state index in [4.69, 9.17) is 23.2 Å². The van der Waals surface area contributed by atoms with Crippen LogP contribution in [0.5, 0.6) is 0 Å². The van der Waals surface area contributed by atoms with Crippen molar-refractivity contribution >= 4 is 42.2 Å². The summed E-state index contributed by atoms with van der Waals surface area (Å²) in [5.41, 5.74) is 1.34. The Balaban J connectivity index is 1.72. The van der Waals surface area contributed by atoms with Gasteiger partial charge in [-0.3, -0.25) is 18.6 Å². The number of esters is 2. The van der Waals surface area contributed by atoms with Gasteiger partial charge >= 0.3 is 19.8 Å². The minimum Gasteiger partial charge on any atom is -0.462 e. The third-order valence-electron chi connectivity index (χ3n) is 10.8. The number of hydrogen-bond donors (Lipinski definition) is 2. The highest BCUT2D eigenvalue weighted by atomic mass is 31.2. The van der Waals surface area contributed by atoms with Gasteiger partial charge in [0.15, 0.2) is 18.7 Å². The molecule has 0 amide bonds. The summed E-state index contributed by atoms with van der Waals surface area (Å²) in [6.07, 6.45) is 38.4. The molecule has 0 radical (unpaired) electrons. The highest BCUT2D eigenvalue weighted by Gasteiger charge is 2.26. The van der Waals surface area contributed by atoms with E-state index in [9.17, 15) is 24.0 Å². The monoisotopic (exact) mass is 906 g/mol. The summed E-state index contributed by atoms with van der Waals surface area (Å²) < 4.78 is 39.6. The number of allylic oxidation sites excluding steroid dienone is 4. The first-order valence-corrected chi connectivity index (χ1v) is 25.8. The number of fused-ring (bicyclic) bond motifs is 1. The Morgan fingerprint density at radius 1 is 0.683 bits per heavy atom. The molecule has 0 bridgehead atoms. The molecule has 2 aromatic rings. The fourth-order valence-electron chi connectivity index (χ4n) is 7.11. The Kier molecular flexibility index (Phi) is 32.6. The summed E-state index contributed by atoms with van der Waals surface area (Å²) in [6.45, 7) is 3.51. The normalized spacial score (nSPS) is 13.2. The summed E-state index contributed by atoms with van der Waals surface area (Å²) in [7, 11) is -3.26. The maximum absolute atomic E-state index is 12.8. The van der Waals surface area contributed by atoms with Crippen molar-refractivity contribution in [2.24, 2.45) is 0 Å². The number of rotatable bonds is 42. The number of carbonyl (C=O) groups excluding carboxylic acids is 2. The highest BCUT2D eigenvalue weighted by molar-refractivity contribution is 7.47. The summed E-state index contributed by atoms with van der Waals surface area (Å²) in [5, 5.41) is 10.6. The molecule has 1 heterocycles. The predicted octanol–water partition coefficient (Wildman–Crippen LogP) is 13.3. The molecule has 0 aliphatic rings. The van der Waals surface area contributed by atoms with E-state index in [0.717, 1.165) is 77.0 Å². The second-order valence-corrected chi connectivity index (χ2v) is 18.0. The summed E-state index contributed by atoms with van der Waals surface area (Å²) in [5.74, 6) is -0.915. The van der Waals surface area contributed by atoms with Crippen LogP contribution in [-0.2, 0) is 32.7 Å². The highest BCUT2D eigenvalue weighted by Crippen LogP contribution is 2.43. The number of carbonyl (C=O) groups is 2. The number of anilines is 1. The van der Waals surface area contributed by atoms with Gasteiger partial charge in [-0.25, -0.2) is 9.19 Å². The van der Waals surface area contributed by atoms with Gasteiger partial charge in [-0.1, -0.05) is 141 Å². The first kappa shape index (κ1) is 55.7. The average Bonchev–Trinajstić information content (AvgIpc) is 3.76. The topological polar surface area (TPSA) is 179 Å². The van der Waals surface area contributed by atoms with Gasteiger partial charge < -0.3 is 19.7 Å². The predicted molar refractivity (Wildman–Crippen MR) is 251 cm³/mol. The zero-order valence-electron chi connectivity index (χ0n) is 39.1. The van der Waals surface area contributed by atoms with Crippen molar-refractivity contribution < 1.29 is 47.0 Å². The van der Waals surface area contributed by atoms with Crippen LogP contribution in [0.25, 0.3) is 11.0 Å². The van der Waals surface area contributed by atoms with E-state index < -0.39 is 32.5 Å². The van der Waals surface area contributed by atoms with E-state index in [2.05, 4.69) is 53.8 Å². The van der Waals surface area contributed by atoms with Gasteiger partial charge in [-0.2, -0.15) is 0 Å². The van der Waals surface area contributed by atoms with Crippen LogP contribution in [0.1, 0.15) is 194 Å². The van der Waals surface area contributed by atoms with Crippen molar-refractivity contribution in [1.29, 1.82) is 0 Å². The maximum atomic E-state index is 12.8. The first-order valence-electron chi connectivity index (χ1n) is 24.3. The fourth-order valence-corrected chi connectivity index (χ4v) is 7.86. The van der Waals surface area contributed by atoms with Crippen LogP contribution in [0.3, 0.4) is 0 Å². The number of aromatic nitrogens is 2. The van der Waals surface area contributed by atoms with E-state index in [0.29, 0.717) is 28.8 Å². The van der Waals surface area contributed by atoms with E-state index in [1.165, 1.54) is 84.1 Å². The molecule has 2 atom stereocenters. The first-order chi connectivity index (χ1) is 30.7. The maximum Gasteiger partial charge on any atom is 0.472 e. The molecule has 1 aromatic heterocycles. The van der Waals surface area contributed by atoms with Crippen molar-refractivity contribution in [1.82, 2.24) is 10.3 Å². The smallest absolute Gasteiger partial charge is 0.462 e. The Bertz CT molecular complexity index is 1620. The second-order valence-electron chi connectivity index (χ2n) is 16.6. The number of unbranched alkanes of at least 4 members (excludes halogenated alkanes) is 22. The van der Waals surface area contributed by atoms with Gasteiger partial charge in [-0.15, -0.1) is 0 Å². The van der Waals surface area contributed by atoms with Crippen LogP contribution in [0.4, 0.5) is 11.4 Å². The van der Waals surface area contributed by atoms with Gasteiger partial charge in [0, 0.05) is 35.1 Å². The van der Waals surface area contributed by atoms with Crippen LogP contribution in [0.15, 0.2) is 41.1 Å². The molecule has 2 rings (SSSR count). The molecule has 0 spiro atoms. The van der Waals surface area contributed by atoms with Gasteiger partial charge in [0.2, 0.25) is 5.52 Å². The number of benzene rings is 1. The third kappa shape index (κ3) is 28.9. The molecule has 2 N–H and O–H groups in total. The Labute approximate surface area is 378 Å². The molecule has 1 unspecified atom stereocenters. The van der Waals surface area contributed by atoms with Gasteiger partial charge in [0.05, 0.1) is 18.9 Å². The van der Waals surface area contributed by atoms with Crippen LogP contribution in [0, 0.1) is 4.91 Å². The summed E-state index contributed by atoms with van der Waals surface area (Å²) >= 11 is 0. The van der Waals surface area contributed by atoms with Gasteiger partial charge in [0.1, 0.15) is 6.61 Å². The van der Waals surface area contributed by atoms with E-state index >= 15 is 0 Å². The zero-order valence-corrected chi connectivity index (χ0v) is 40.0. The minimum absolute atomic E-state index is 0.0742. The molecular weight excluding hydrogens is 824 g/mol. The molecule has 358 valence electrons. The van der Waals surface area contributed by atoms with Crippen LogP contribution < -0.4 is 5.32 Å². The lowest BCUT2D eigenvalue weighted by Gasteiger charge is -2.20. The number of nitrogens with one attached hydrogen (secondary N) is 1. The third-order valence-corrected chi connectivity index (χ3v) is 11.8. The lowest BCUT2D eigenvalue weighted by Crippen LogP contribution is -2.29. The van der Waals surface area contributed by atoms with Gasteiger partial charge in [-0.05, 0) is 80.6 Å². The molecule has 0 fully saturated rings. The van der Waals surface area contributed by atoms with Crippen molar-refractivity contribution in [3.8, 4) is 0 Å². The number of ether oxygens (including phenoxy) is 2. The minimum atomic E-state index is -4.59. The van der Waals surface area contributed by atoms with Crippen molar-refractivity contribution in [2.75, 3.05) is 38.7 Å². The molecule has 14 nitrogen and oxygen atoms in total. The second kappa shape index (κ2) is 36.8. The molecule has 0 saturated heterocycles.